The first-order valence-corrected chi connectivity index (χ1v) is 5.85. The lowest BCUT2D eigenvalue weighted by atomic mass is 10.1. The molecule has 104 valence electrons. The van der Waals surface area contributed by atoms with E-state index in [2.05, 4.69) is 5.32 Å². The maximum atomic E-state index is 13.6. The molecule has 0 aromatic heterocycles. The van der Waals surface area contributed by atoms with Crippen molar-refractivity contribution in [1.29, 1.82) is 0 Å². The summed E-state index contributed by atoms with van der Waals surface area (Å²) in [5.74, 6) is -1.53. The van der Waals surface area contributed by atoms with Crippen LogP contribution in [0.3, 0.4) is 0 Å². The molecule has 0 spiro atoms. The molecule has 5 nitrogen and oxygen atoms in total. The number of hydrogen-bond donors (Lipinski definition) is 2. The molecular weight excluding hydrogens is 251 g/mol. The van der Waals surface area contributed by atoms with Crippen LogP contribution in [0.5, 0.6) is 0 Å². The molecule has 0 heterocycles. The van der Waals surface area contributed by atoms with Crippen molar-refractivity contribution in [3.05, 3.63) is 35.6 Å². The van der Waals surface area contributed by atoms with Crippen molar-refractivity contribution in [3.8, 4) is 0 Å². The number of halogens is 1. The van der Waals surface area contributed by atoms with Crippen LogP contribution >= 0.6 is 0 Å². The van der Waals surface area contributed by atoms with Crippen molar-refractivity contribution >= 4 is 12.0 Å². The number of amides is 2. The number of carboxylic acid groups (broad SMARTS) is 1. The molecular formula is C13H17FN2O3. The van der Waals surface area contributed by atoms with Crippen molar-refractivity contribution in [2.45, 2.75) is 25.9 Å². The average molecular weight is 268 g/mol. The summed E-state index contributed by atoms with van der Waals surface area (Å²) in [7, 11) is 1.49. The Labute approximate surface area is 111 Å². The highest BCUT2D eigenvalue weighted by Crippen LogP contribution is 2.21. The Morgan fingerprint density at radius 3 is 2.42 bits per heavy atom. The second kappa shape index (κ2) is 6.17. The van der Waals surface area contributed by atoms with Gasteiger partial charge in [-0.1, -0.05) is 18.2 Å². The van der Waals surface area contributed by atoms with Gasteiger partial charge in [0.1, 0.15) is 11.9 Å². The topological polar surface area (TPSA) is 69.6 Å². The van der Waals surface area contributed by atoms with E-state index in [0.29, 0.717) is 5.56 Å². The number of carbonyl (C=O) groups excluding carboxylic acids is 1. The summed E-state index contributed by atoms with van der Waals surface area (Å²) in [5, 5.41) is 11.0. The van der Waals surface area contributed by atoms with Crippen LogP contribution in [0.25, 0.3) is 0 Å². The molecule has 0 fully saturated rings. The van der Waals surface area contributed by atoms with Crippen molar-refractivity contribution in [3.63, 3.8) is 0 Å². The number of urea groups is 1. The maximum absolute atomic E-state index is 13.6. The predicted molar refractivity (Wildman–Crippen MR) is 68.2 cm³/mol. The smallest absolute Gasteiger partial charge is 0.325 e. The molecule has 2 atom stereocenters. The third-order valence-electron chi connectivity index (χ3n) is 2.97. The predicted octanol–water partition coefficient (Wildman–Crippen LogP) is 2.00. The molecule has 1 unspecified atom stereocenters. The number of nitrogens with zero attached hydrogens (tertiary/aromatic N) is 1. The van der Waals surface area contributed by atoms with Gasteiger partial charge in [-0.25, -0.2) is 9.18 Å². The molecule has 0 radical (unpaired) electrons. The normalized spacial score (nSPS) is 13.5. The fraction of sp³-hybridized carbons (Fsp3) is 0.385. The fourth-order valence-electron chi connectivity index (χ4n) is 1.55. The van der Waals surface area contributed by atoms with E-state index in [-0.39, 0.29) is 0 Å². The minimum Gasteiger partial charge on any atom is -0.480 e. The van der Waals surface area contributed by atoms with Crippen molar-refractivity contribution in [1.82, 2.24) is 10.2 Å². The van der Waals surface area contributed by atoms with Crippen LogP contribution in [0.15, 0.2) is 24.3 Å². The number of carbonyl (C=O) groups is 2. The van der Waals surface area contributed by atoms with Crippen LogP contribution in [-0.2, 0) is 4.79 Å². The van der Waals surface area contributed by atoms with Crippen LogP contribution < -0.4 is 5.32 Å². The molecule has 19 heavy (non-hydrogen) atoms. The van der Waals surface area contributed by atoms with E-state index in [1.807, 2.05) is 0 Å². The largest absolute Gasteiger partial charge is 0.480 e. The molecule has 2 N–H and O–H groups in total. The summed E-state index contributed by atoms with van der Waals surface area (Å²) in [6, 6.07) is 4.09. The van der Waals surface area contributed by atoms with Crippen molar-refractivity contribution in [2.75, 3.05) is 7.05 Å². The van der Waals surface area contributed by atoms with Gasteiger partial charge in [0.15, 0.2) is 0 Å². The zero-order valence-electron chi connectivity index (χ0n) is 11.1. The number of rotatable bonds is 4. The lowest BCUT2D eigenvalue weighted by Gasteiger charge is -2.26. The van der Waals surface area contributed by atoms with Gasteiger partial charge in [-0.05, 0) is 19.9 Å². The number of aliphatic carboxylic acids is 1. The first-order valence-electron chi connectivity index (χ1n) is 5.85. The second-order valence-corrected chi connectivity index (χ2v) is 4.32. The quantitative estimate of drug-likeness (QED) is 0.877. The van der Waals surface area contributed by atoms with Gasteiger partial charge in [0.05, 0.1) is 6.04 Å². The molecule has 6 heteroatoms. The monoisotopic (exact) mass is 268 g/mol. The van der Waals surface area contributed by atoms with Crippen molar-refractivity contribution < 1.29 is 19.1 Å². The molecule has 0 saturated carbocycles. The summed E-state index contributed by atoms with van der Waals surface area (Å²) in [6.07, 6.45) is 0. The summed E-state index contributed by atoms with van der Waals surface area (Å²) in [4.78, 5) is 23.7. The highest BCUT2D eigenvalue weighted by Gasteiger charge is 2.22. The highest BCUT2D eigenvalue weighted by molar-refractivity contribution is 5.82. The number of nitrogens with one attached hydrogen (secondary N) is 1. The van der Waals surface area contributed by atoms with Crippen LogP contribution in [-0.4, -0.2) is 35.1 Å². The minimum absolute atomic E-state index is 0.378. The molecule has 1 rings (SSSR count). The molecule has 0 aliphatic heterocycles. The van der Waals surface area contributed by atoms with E-state index in [1.54, 1.807) is 25.1 Å². The van der Waals surface area contributed by atoms with Crippen LogP contribution in [0, 0.1) is 5.82 Å². The maximum Gasteiger partial charge on any atom is 0.325 e. The summed E-state index contributed by atoms with van der Waals surface area (Å²) in [6.45, 7) is 3.03. The Morgan fingerprint density at radius 1 is 1.32 bits per heavy atom. The standard InChI is InChI=1S/C13H17FN2O3/c1-8(12(17)18)15-13(19)16(3)9(2)10-6-4-5-7-11(10)14/h4-9H,1-3H3,(H,15,19)(H,17,18)/t8-,9?/m0/s1. The molecule has 1 aromatic carbocycles. The van der Waals surface area contributed by atoms with Crippen LogP contribution in [0.1, 0.15) is 25.5 Å². The third kappa shape index (κ3) is 3.67. The molecule has 1 aromatic rings. The van der Waals surface area contributed by atoms with Gasteiger partial charge in [-0.2, -0.15) is 0 Å². The zero-order valence-corrected chi connectivity index (χ0v) is 11.1. The van der Waals surface area contributed by atoms with Crippen molar-refractivity contribution in [2.24, 2.45) is 0 Å². The van der Waals surface area contributed by atoms with E-state index in [0.717, 1.165) is 0 Å². The SMILES string of the molecule is CC(c1ccccc1F)N(C)C(=O)N[C@@H](C)C(=O)O. The number of benzene rings is 1. The van der Waals surface area contributed by atoms with Gasteiger partial charge in [0, 0.05) is 12.6 Å². The van der Waals surface area contributed by atoms with Gasteiger partial charge in [0.25, 0.3) is 0 Å². The lowest BCUT2D eigenvalue weighted by molar-refractivity contribution is -0.138. The van der Waals surface area contributed by atoms with Gasteiger partial charge < -0.3 is 15.3 Å². The summed E-state index contributed by atoms with van der Waals surface area (Å²) < 4.78 is 13.6. The Hall–Kier alpha value is -2.11. The Kier molecular flexibility index (Phi) is 4.86. The Bertz CT molecular complexity index is 479. The molecule has 0 saturated heterocycles. The molecule has 0 bridgehead atoms. The number of hydrogen-bond acceptors (Lipinski definition) is 2. The summed E-state index contributed by atoms with van der Waals surface area (Å²) in [5.41, 5.74) is 0.378. The average Bonchev–Trinajstić information content (AvgIpc) is 2.37. The van der Waals surface area contributed by atoms with E-state index >= 15 is 0 Å². The van der Waals surface area contributed by atoms with Gasteiger partial charge >= 0.3 is 12.0 Å². The first kappa shape index (κ1) is 14.9. The van der Waals surface area contributed by atoms with Gasteiger partial charge in [0.2, 0.25) is 0 Å². The third-order valence-corrected chi connectivity index (χ3v) is 2.97. The van der Waals surface area contributed by atoms with Crippen LogP contribution in [0.4, 0.5) is 9.18 Å². The molecule has 2 amide bonds. The Morgan fingerprint density at radius 2 is 1.89 bits per heavy atom. The minimum atomic E-state index is -1.12. The Balaban J connectivity index is 2.77. The first-order chi connectivity index (χ1) is 8.84. The lowest BCUT2D eigenvalue weighted by Crippen LogP contribution is -2.46. The van der Waals surface area contributed by atoms with E-state index < -0.39 is 29.9 Å². The fourth-order valence-corrected chi connectivity index (χ4v) is 1.55. The summed E-state index contributed by atoms with van der Waals surface area (Å²) >= 11 is 0. The van der Waals surface area contributed by atoms with E-state index in [9.17, 15) is 14.0 Å². The van der Waals surface area contributed by atoms with E-state index in [1.165, 1.54) is 24.9 Å². The zero-order chi connectivity index (χ0) is 14.6. The van der Waals surface area contributed by atoms with Gasteiger partial charge in [-0.15, -0.1) is 0 Å². The van der Waals surface area contributed by atoms with E-state index in [4.69, 9.17) is 5.11 Å². The molecule has 0 aliphatic carbocycles. The van der Waals surface area contributed by atoms with Crippen LogP contribution in [0.2, 0.25) is 0 Å². The highest BCUT2D eigenvalue weighted by atomic mass is 19.1. The van der Waals surface area contributed by atoms with Gasteiger partial charge in [-0.3, -0.25) is 4.79 Å². The number of carboxylic acids is 1. The second-order valence-electron chi connectivity index (χ2n) is 4.32. The molecule has 0 aliphatic rings.